The number of nitrogens with zero attached hydrogens (tertiary/aromatic N) is 3. The van der Waals surface area contributed by atoms with Crippen molar-refractivity contribution in [1.29, 1.82) is 0 Å². The van der Waals surface area contributed by atoms with Gasteiger partial charge in [0.25, 0.3) is 5.91 Å². The molecule has 3 rings (SSSR count). The molecule has 0 aliphatic rings. The average molecular weight is 348 g/mol. The third-order valence-electron chi connectivity index (χ3n) is 4.17. The fourth-order valence-electron chi connectivity index (χ4n) is 2.87. The lowest BCUT2D eigenvalue weighted by Gasteiger charge is -2.23. The van der Waals surface area contributed by atoms with Crippen LogP contribution < -0.4 is 5.32 Å². The number of carbonyl (C=O) groups excluding carboxylic acids is 1. The smallest absolute Gasteiger partial charge is 0.251 e. The lowest BCUT2D eigenvalue weighted by atomic mass is 10.1. The lowest BCUT2D eigenvalue weighted by Crippen LogP contribution is -2.35. The maximum absolute atomic E-state index is 12.7. The minimum absolute atomic E-state index is 0.0533. The van der Waals surface area contributed by atoms with Crippen molar-refractivity contribution in [2.24, 2.45) is 0 Å². The Kier molecular flexibility index (Phi) is 5.81. The first-order valence-electron chi connectivity index (χ1n) is 8.69. The molecule has 0 aliphatic heterocycles. The molecule has 1 aromatic heterocycles. The van der Waals surface area contributed by atoms with Crippen molar-refractivity contribution in [1.82, 2.24) is 20.0 Å². The zero-order chi connectivity index (χ0) is 18.4. The van der Waals surface area contributed by atoms with Crippen LogP contribution in [0, 0.1) is 0 Å². The van der Waals surface area contributed by atoms with Crippen LogP contribution >= 0.6 is 0 Å². The molecule has 5 nitrogen and oxygen atoms in total. The van der Waals surface area contributed by atoms with Crippen molar-refractivity contribution in [2.45, 2.75) is 12.6 Å². The molecule has 0 fully saturated rings. The molecule has 1 N–H and O–H groups in total. The maximum Gasteiger partial charge on any atom is 0.251 e. The Morgan fingerprint density at radius 2 is 1.81 bits per heavy atom. The molecule has 0 aliphatic carbocycles. The third-order valence-corrected chi connectivity index (χ3v) is 4.17. The summed E-state index contributed by atoms with van der Waals surface area (Å²) in [5.41, 5.74) is 2.87. The first-order chi connectivity index (χ1) is 12.6. The van der Waals surface area contributed by atoms with Gasteiger partial charge in [0.15, 0.2) is 0 Å². The van der Waals surface area contributed by atoms with Gasteiger partial charge in [-0.2, -0.15) is 5.10 Å². The second-order valence-corrected chi connectivity index (χ2v) is 6.60. The molecule has 0 spiro atoms. The molecule has 5 heteroatoms. The van der Waals surface area contributed by atoms with Crippen LogP contribution in [0.4, 0.5) is 0 Å². The summed E-state index contributed by atoms with van der Waals surface area (Å²) in [5.74, 6) is -0.0636. The van der Waals surface area contributed by atoms with E-state index in [1.165, 1.54) is 0 Å². The molecule has 0 saturated heterocycles. The van der Waals surface area contributed by atoms with Gasteiger partial charge in [0.1, 0.15) is 0 Å². The van der Waals surface area contributed by atoms with Crippen molar-refractivity contribution < 1.29 is 4.79 Å². The van der Waals surface area contributed by atoms with E-state index in [4.69, 9.17) is 0 Å². The predicted molar refractivity (Wildman–Crippen MR) is 103 cm³/mol. The standard InChI is InChI=1S/C21H24N4O/c1-24(2)16-20(18-7-4-3-5-8-18)23-21(26)19-11-9-17(10-12-19)15-25-14-6-13-22-25/h3-14,20H,15-16H2,1-2H3,(H,23,26). The molecule has 3 aromatic rings. The topological polar surface area (TPSA) is 50.2 Å². The fraction of sp³-hybridized carbons (Fsp3) is 0.238. The molecule has 1 unspecified atom stereocenters. The summed E-state index contributed by atoms with van der Waals surface area (Å²) in [4.78, 5) is 14.8. The van der Waals surface area contributed by atoms with Crippen LogP contribution in [0.25, 0.3) is 0 Å². The largest absolute Gasteiger partial charge is 0.344 e. The van der Waals surface area contributed by atoms with Crippen molar-refractivity contribution in [2.75, 3.05) is 20.6 Å². The SMILES string of the molecule is CN(C)CC(NC(=O)c1ccc(Cn2cccn2)cc1)c1ccccc1. The molecule has 26 heavy (non-hydrogen) atoms. The summed E-state index contributed by atoms with van der Waals surface area (Å²) in [6, 6.07) is 19.6. The van der Waals surface area contributed by atoms with Crippen LogP contribution in [0.1, 0.15) is 27.5 Å². The molecular weight excluding hydrogens is 324 g/mol. The number of hydrogen-bond donors (Lipinski definition) is 1. The number of nitrogens with one attached hydrogen (secondary N) is 1. The Bertz CT molecular complexity index is 811. The molecule has 2 aromatic carbocycles. The third kappa shape index (κ3) is 4.80. The summed E-state index contributed by atoms with van der Waals surface area (Å²) in [6.07, 6.45) is 3.68. The minimum atomic E-state index is -0.0636. The average Bonchev–Trinajstić information content (AvgIpc) is 3.15. The highest BCUT2D eigenvalue weighted by atomic mass is 16.1. The summed E-state index contributed by atoms with van der Waals surface area (Å²) >= 11 is 0. The molecule has 1 amide bonds. The maximum atomic E-state index is 12.7. The van der Waals surface area contributed by atoms with Gasteiger partial charge in [-0.1, -0.05) is 42.5 Å². The van der Waals surface area contributed by atoms with Crippen LogP contribution in [-0.4, -0.2) is 41.2 Å². The van der Waals surface area contributed by atoms with E-state index in [1.807, 2.05) is 85.6 Å². The zero-order valence-corrected chi connectivity index (χ0v) is 15.2. The quantitative estimate of drug-likeness (QED) is 0.714. The van der Waals surface area contributed by atoms with Gasteiger partial charge >= 0.3 is 0 Å². The Morgan fingerprint density at radius 3 is 2.42 bits per heavy atom. The number of likely N-dealkylation sites (N-methyl/N-ethyl adjacent to an activating group) is 1. The van der Waals surface area contributed by atoms with E-state index in [1.54, 1.807) is 6.20 Å². The number of rotatable bonds is 7. The van der Waals surface area contributed by atoms with Crippen LogP contribution in [-0.2, 0) is 6.54 Å². The Balaban J connectivity index is 1.69. The zero-order valence-electron chi connectivity index (χ0n) is 15.2. The van der Waals surface area contributed by atoms with Crippen LogP contribution in [0.2, 0.25) is 0 Å². The second kappa shape index (κ2) is 8.45. The monoisotopic (exact) mass is 348 g/mol. The molecule has 0 bridgehead atoms. The summed E-state index contributed by atoms with van der Waals surface area (Å²) < 4.78 is 1.86. The summed E-state index contributed by atoms with van der Waals surface area (Å²) in [5, 5.41) is 7.35. The minimum Gasteiger partial charge on any atom is -0.344 e. The Hall–Kier alpha value is -2.92. The molecule has 1 heterocycles. The van der Waals surface area contributed by atoms with Gasteiger partial charge in [-0.3, -0.25) is 9.48 Å². The molecule has 0 saturated carbocycles. The first kappa shape index (κ1) is 17.9. The van der Waals surface area contributed by atoms with E-state index < -0.39 is 0 Å². The molecule has 0 radical (unpaired) electrons. The van der Waals surface area contributed by atoms with Crippen molar-refractivity contribution in [3.8, 4) is 0 Å². The lowest BCUT2D eigenvalue weighted by molar-refractivity contribution is 0.0930. The Morgan fingerprint density at radius 1 is 1.08 bits per heavy atom. The predicted octanol–water partition coefficient (Wildman–Crippen LogP) is 2.96. The van der Waals surface area contributed by atoms with E-state index in [-0.39, 0.29) is 11.9 Å². The number of hydrogen-bond acceptors (Lipinski definition) is 3. The fourth-order valence-corrected chi connectivity index (χ4v) is 2.87. The van der Waals surface area contributed by atoms with E-state index in [2.05, 4.69) is 15.3 Å². The highest BCUT2D eigenvalue weighted by molar-refractivity contribution is 5.94. The van der Waals surface area contributed by atoms with Gasteiger partial charge in [0.2, 0.25) is 0 Å². The van der Waals surface area contributed by atoms with Crippen molar-refractivity contribution in [3.05, 3.63) is 89.7 Å². The molecular formula is C21H24N4O. The van der Waals surface area contributed by atoms with Crippen LogP contribution in [0.5, 0.6) is 0 Å². The highest BCUT2D eigenvalue weighted by Crippen LogP contribution is 2.15. The van der Waals surface area contributed by atoms with Crippen LogP contribution in [0.3, 0.4) is 0 Å². The number of aromatic nitrogens is 2. The van der Waals surface area contributed by atoms with E-state index >= 15 is 0 Å². The van der Waals surface area contributed by atoms with Gasteiger partial charge in [-0.15, -0.1) is 0 Å². The highest BCUT2D eigenvalue weighted by Gasteiger charge is 2.16. The second-order valence-electron chi connectivity index (χ2n) is 6.60. The first-order valence-corrected chi connectivity index (χ1v) is 8.69. The van der Waals surface area contributed by atoms with Gasteiger partial charge in [-0.25, -0.2) is 0 Å². The van der Waals surface area contributed by atoms with E-state index in [9.17, 15) is 4.79 Å². The number of carbonyl (C=O) groups is 1. The van der Waals surface area contributed by atoms with Crippen molar-refractivity contribution >= 4 is 5.91 Å². The van der Waals surface area contributed by atoms with Gasteiger partial charge in [-0.05, 0) is 43.4 Å². The Labute approximate surface area is 154 Å². The van der Waals surface area contributed by atoms with E-state index in [0.717, 1.165) is 17.7 Å². The summed E-state index contributed by atoms with van der Waals surface area (Å²) in [6.45, 7) is 1.44. The molecule has 134 valence electrons. The normalized spacial score (nSPS) is 12.1. The van der Waals surface area contributed by atoms with Crippen molar-refractivity contribution in [3.63, 3.8) is 0 Å². The van der Waals surface area contributed by atoms with Gasteiger partial charge in [0, 0.05) is 24.5 Å². The summed E-state index contributed by atoms with van der Waals surface area (Å²) in [7, 11) is 4.01. The van der Waals surface area contributed by atoms with E-state index in [0.29, 0.717) is 12.1 Å². The van der Waals surface area contributed by atoms with Gasteiger partial charge < -0.3 is 10.2 Å². The number of amides is 1. The molecule has 1 atom stereocenters. The van der Waals surface area contributed by atoms with Crippen LogP contribution in [0.15, 0.2) is 73.1 Å². The van der Waals surface area contributed by atoms with Gasteiger partial charge in [0.05, 0.1) is 12.6 Å². The number of benzene rings is 2.